The molecule has 0 saturated heterocycles. The topological polar surface area (TPSA) is 176 Å². The van der Waals surface area contributed by atoms with Gasteiger partial charge in [0.2, 0.25) is 0 Å². The number of aryl methyl sites for hydroxylation is 2. The number of aromatic nitrogens is 2. The van der Waals surface area contributed by atoms with Gasteiger partial charge in [0.05, 0.1) is 37.6 Å². The number of hydrogen-bond donors (Lipinski definition) is 4. The Morgan fingerprint density at radius 2 is 1.59 bits per heavy atom. The van der Waals surface area contributed by atoms with E-state index < -0.39 is 17.9 Å². The maximum Gasteiger partial charge on any atom is 0.335 e. The number of aliphatic carboxylic acids is 2. The molecule has 1 amide bonds. The van der Waals surface area contributed by atoms with Crippen LogP contribution in [0.2, 0.25) is 0 Å². The van der Waals surface area contributed by atoms with Crippen molar-refractivity contribution in [3.05, 3.63) is 63.6 Å². The van der Waals surface area contributed by atoms with Crippen molar-refractivity contribution in [3.8, 4) is 5.75 Å². The van der Waals surface area contributed by atoms with Crippen LogP contribution in [-0.4, -0.2) is 62.8 Å². The van der Waals surface area contributed by atoms with Crippen molar-refractivity contribution >= 4 is 66.9 Å². The summed E-state index contributed by atoms with van der Waals surface area (Å²) in [6.07, 6.45) is 0.838. The number of thiazole rings is 2. The number of methoxy groups -OCH3 is 1. The van der Waals surface area contributed by atoms with Gasteiger partial charge in [-0.2, -0.15) is 0 Å². The molecule has 0 unspecified atom stereocenters. The second-order valence-electron chi connectivity index (χ2n) is 7.87. The normalized spacial score (nSPS) is 9.71. The Labute approximate surface area is 245 Å². The number of carboxylic acids is 3. The largest absolute Gasteiger partial charge is 0.494 e. The quantitative estimate of drug-likeness (QED) is 0.193. The molecule has 0 atom stereocenters. The number of carboxylic acid groups (broad SMARTS) is 3. The lowest BCUT2D eigenvalue weighted by Crippen LogP contribution is -2.29. The SMILES string of the molecule is C=C(C)C(=O)O.CC.CCc1nc2c(OC)cc(C(=O)O)cc2s1.Cc1nc2ccc(C(=O)NCC(=O)O)cc2s1. The molecule has 220 valence electrons. The van der Waals surface area contributed by atoms with Gasteiger partial charge in [0, 0.05) is 11.1 Å². The van der Waals surface area contributed by atoms with Crippen LogP contribution >= 0.6 is 22.7 Å². The highest BCUT2D eigenvalue weighted by Gasteiger charge is 2.13. The van der Waals surface area contributed by atoms with Gasteiger partial charge >= 0.3 is 17.9 Å². The number of rotatable bonds is 7. The fraction of sp³-hybridized carbons (Fsp3) is 0.286. The smallest absolute Gasteiger partial charge is 0.335 e. The molecule has 2 aromatic carbocycles. The summed E-state index contributed by atoms with van der Waals surface area (Å²) in [5.41, 5.74) is 2.45. The van der Waals surface area contributed by atoms with Crippen molar-refractivity contribution in [2.24, 2.45) is 0 Å². The number of aromatic carboxylic acids is 1. The van der Waals surface area contributed by atoms with E-state index in [-0.39, 0.29) is 23.6 Å². The van der Waals surface area contributed by atoms with Crippen molar-refractivity contribution in [2.75, 3.05) is 13.7 Å². The Kier molecular flexibility index (Phi) is 14.1. The summed E-state index contributed by atoms with van der Waals surface area (Å²) in [7, 11) is 1.52. The molecular weight excluding hydrogens is 570 g/mol. The number of nitrogens with zero attached hydrogens (tertiary/aromatic N) is 2. The number of nitrogens with one attached hydrogen (secondary N) is 1. The van der Waals surface area contributed by atoms with Gasteiger partial charge in [-0.1, -0.05) is 27.4 Å². The zero-order chi connectivity index (χ0) is 31.3. The monoisotopic (exact) mass is 603 g/mol. The van der Waals surface area contributed by atoms with E-state index in [1.54, 1.807) is 24.3 Å². The molecule has 41 heavy (non-hydrogen) atoms. The minimum atomic E-state index is -1.06. The molecule has 4 N–H and O–H groups in total. The average molecular weight is 604 g/mol. The Hall–Kier alpha value is -4.36. The molecule has 4 rings (SSSR count). The first kappa shape index (κ1) is 34.7. The molecule has 0 fully saturated rings. The molecule has 13 heteroatoms. The molecule has 0 radical (unpaired) electrons. The maximum absolute atomic E-state index is 11.6. The van der Waals surface area contributed by atoms with Gasteiger partial charge in [0.15, 0.2) is 0 Å². The highest BCUT2D eigenvalue weighted by atomic mass is 32.1. The van der Waals surface area contributed by atoms with E-state index in [0.29, 0.717) is 11.3 Å². The maximum atomic E-state index is 11.6. The van der Waals surface area contributed by atoms with Crippen molar-refractivity contribution in [1.82, 2.24) is 15.3 Å². The molecule has 0 bridgehead atoms. The molecular formula is C28H33N3O8S2. The first-order valence-corrected chi connectivity index (χ1v) is 14.0. The van der Waals surface area contributed by atoms with Crippen LogP contribution in [0.1, 0.15) is 58.4 Å². The number of hydrogen-bond acceptors (Lipinski definition) is 9. The van der Waals surface area contributed by atoms with Crippen molar-refractivity contribution in [3.63, 3.8) is 0 Å². The van der Waals surface area contributed by atoms with Crippen LogP contribution in [0.25, 0.3) is 20.4 Å². The van der Waals surface area contributed by atoms with Crippen LogP contribution in [0.15, 0.2) is 42.5 Å². The third kappa shape index (κ3) is 10.6. The summed E-state index contributed by atoms with van der Waals surface area (Å²) >= 11 is 3.00. The molecule has 4 aromatic rings. The summed E-state index contributed by atoms with van der Waals surface area (Å²) in [5.74, 6) is -2.82. The highest BCUT2D eigenvalue weighted by Crippen LogP contribution is 2.31. The zero-order valence-electron chi connectivity index (χ0n) is 23.6. The van der Waals surface area contributed by atoms with E-state index in [4.69, 9.17) is 20.1 Å². The van der Waals surface area contributed by atoms with Crippen LogP contribution in [0.4, 0.5) is 0 Å². The number of fused-ring (bicyclic) bond motifs is 2. The number of benzene rings is 2. The fourth-order valence-electron chi connectivity index (χ4n) is 2.91. The van der Waals surface area contributed by atoms with Gasteiger partial charge < -0.3 is 25.4 Å². The predicted molar refractivity (Wildman–Crippen MR) is 161 cm³/mol. The lowest BCUT2D eigenvalue weighted by molar-refractivity contribution is -0.136. The number of ether oxygens (including phenoxy) is 1. The van der Waals surface area contributed by atoms with Gasteiger partial charge in [0.25, 0.3) is 5.91 Å². The average Bonchev–Trinajstić information content (AvgIpc) is 3.54. The minimum Gasteiger partial charge on any atom is -0.494 e. The third-order valence-corrected chi connectivity index (χ3v) is 6.88. The van der Waals surface area contributed by atoms with E-state index in [2.05, 4.69) is 21.9 Å². The summed E-state index contributed by atoms with van der Waals surface area (Å²) in [4.78, 5) is 51.1. The predicted octanol–water partition coefficient (Wildman–Crippen LogP) is 5.66. The molecule has 2 aromatic heterocycles. The van der Waals surface area contributed by atoms with E-state index in [0.717, 1.165) is 36.9 Å². The van der Waals surface area contributed by atoms with Crippen LogP contribution in [0, 0.1) is 6.92 Å². The van der Waals surface area contributed by atoms with Gasteiger partial charge in [-0.15, -0.1) is 22.7 Å². The van der Waals surface area contributed by atoms with Gasteiger partial charge in [-0.05, 0) is 50.6 Å². The number of amides is 1. The second-order valence-corrected chi connectivity index (χ2v) is 10.2. The summed E-state index contributed by atoms with van der Waals surface area (Å²) in [6, 6.07) is 8.26. The standard InChI is InChI=1S/C11H10N2O3S.C11H11NO3S.C4H6O2.C2H6/c1-6-13-8-3-2-7(4-9(8)17-6)11(16)12-5-10(14)15;1-3-9-12-10-7(15-2)4-6(11(13)14)5-8(10)16-9;1-3(2)4(5)6;1-2/h2-4H,5H2,1H3,(H,12,16)(H,14,15);4-5H,3H2,1-2H3,(H,13,14);1H2,2H3,(H,5,6);1-2H3. The zero-order valence-corrected chi connectivity index (χ0v) is 25.2. The van der Waals surface area contributed by atoms with E-state index in [1.165, 1.54) is 42.8 Å². The fourth-order valence-corrected chi connectivity index (χ4v) is 4.74. The van der Waals surface area contributed by atoms with Crippen LogP contribution in [-0.2, 0) is 16.0 Å². The summed E-state index contributed by atoms with van der Waals surface area (Å²) < 4.78 is 6.93. The van der Waals surface area contributed by atoms with Crippen LogP contribution in [0.5, 0.6) is 5.75 Å². The summed E-state index contributed by atoms with van der Waals surface area (Å²) in [6.45, 7) is 12.1. The lowest BCUT2D eigenvalue weighted by Gasteiger charge is -2.01. The van der Waals surface area contributed by atoms with Crippen molar-refractivity contribution in [2.45, 2.75) is 41.0 Å². The highest BCUT2D eigenvalue weighted by molar-refractivity contribution is 7.18. The first-order valence-electron chi connectivity index (χ1n) is 12.3. The third-order valence-electron chi connectivity index (χ3n) is 4.80. The molecule has 0 aliphatic heterocycles. The molecule has 0 aliphatic rings. The van der Waals surface area contributed by atoms with E-state index >= 15 is 0 Å². The minimum absolute atomic E-state index is 0.176. The molecule has 0 saturated carbocycles. The summed E-state index contributed by atoms with van der Waals surface area (Å²) in [5, 5.41) is 29.5. The first-order chi connectivity index (χ1) is 19.4. The van der Waals surface area contributed by atoms with Crippen molar-refractivity contribution in [1.29, 1.82) is 0 Å². The van der Waals surface area contributed by atoms with E-state index in [1.807, 2.05) is 27.7 Å². The van der Waals surface area contributed by atoms with Crippen LogP contribution in [0.3, 0.4) is 0 Å². The Morgan fingerprint density at radius 3 is 2.10 bits per heavy atom. The Morgan fingerprint density at radius 1 is 0.976 bits per heavy atom. The van der Waals surface area contributed by atoms with E-state index in [9.17, 15) is 19.2 Å². The lowest BCUT2D eigenvalue weighted by atomic mass is 10.2. The molecule has 0 spiro atoms. The van der Waals surface area contributed by atoms with Crippen LogP contribution < -0.4 is 10.1 Å². The van der Waals surface area contributed by atoms with Gasteiger partial charge in [0.1, 0.15) is 17.8 Å². The van der Waals surface area contributed by atoms with Gasteiger partial charge in [-0.3, -0.25) is 9.59 Å². The molecule has 0 aliphatic carbocycles. The second kappa shape index (κ2) is 16.7. The Bertz CT molecular complexity index is 1530. The Balaban J connectivity index is 0.000000328. The molecule has 11 nitrogen and oxygen atoms in total. The van der Waals surface area contributed by atoms with Crippen molar-refractivity contribution < 1.29 is 39.2 Å². The molecule has 2 heterocycles. The number of carbonyl (C=O) groups is 4. The number of carbonyl (C=O) groups excluding carboxylic acids is 1. The van der Waals surface area contributed by atoms with Gasteiger partial charge in [-0.25, -0.2) is 19.6 Å².